The van der Waals surface area contributed by atoms with E-state index in [2.05, 4.69) is 41.0 Å². The van der Waals surface area contributed by atoms with E-state index >= 15 is 0 Å². The van der Waals surface area contributed by atoms with Crippen molar-refractivity contribution in [3.05, 3.63) is 16.9 Å². The number of rotatable bonds is 6. The largest absolute Gasteiger partial charge is 0.314 e. The minimum absolute atomic E-state index is 0.501. The lowest BCUT2D eigenvalue weighted by Crippen LogP contribution is -2.38. The Labute approximate surface area is 127 Å². The Balaban J connectivity index is 2.18. The number of halogens is 1. The molecule has 114 valence electrons. The van der Waals surface area contributed by atoms with Crippen molar-refractivity contribution in [2.45, 2.75) is 51.1 Å². The second-order valence-corrected chi connectivity index (χ2v) is 6.37. The Hall–Kier alpha value is -0.580. The highest BCUT2D eigenvalue weighted by Crippen LogP contribution is 2.36. The van der Waals surface area contributed by atoms with Crippen LogP contribution in [0.5, 0.6) is 0 Å². The highest BCUT2D eigenvalue weighted by atomic mass is 35.5. The summed E-state index contributed by atoms with van der Waals surface area (Å²) in [6.45, 7) is 5.09. The normalized spacial score (nSPS) is 23.4. The zero-order valence-corrected chi connectivity index (χ0v) is 13.7. The third-order valence-corrected chi connectivity index (χ3v) is 4.47. The van der Waals surface area contributed by atoms with Crippen molar-refractivity contribution in [1.29, 1.82) is 0 Å². The van der Waals surface area contributed by atoms with Crippen LogP contribution in [0.2, 0.25) is 5.02 Å². The van der Waals surface area contributed by atoms with Gasteiger partial charge in [0.05, 0.1) is 23.5 Å². The van der Waals surface area contributed by atoms with E-state index in [0.29, 0.717) is 12.0 Å². The van der Waals surface area contributed by atoms with Crippen LogP contribution in [0.1, 0.15) is 44.2 Å². The van der Waals surface area contributed by atoms with Crippen molar-refractivity contribution in [2.75, 3.05) is 27.2 Å². The van der Waals surface area contributed by atoms with Crippen LogP contribution in [0, 0.1) is 0 Å². The van der Waals surface area contributed by atoms with E-state index in [1.165, 1.54) is 31.4 Å². The topological polar surface area (TPSA) is 33.1 Å². The first-order valence-electron chi connectivity index (χ1n) is 7.72. The molecule has 0 spiro atoms. The van der Waals surface area contributed by atoms with E-state index in [1.807, 2.05) is 6.20 Å². The van der Waals surface area contributed by atoms with Crippen LogP contribution in [-0.4, -0.2) is 47.9 Å². The Morgan fingerprint density at radius 3 is 2.85 bits per heavy atom. The molecule has 1 fully saturated rings. The van der Waals surface area contributed by atoms with Crippen LogP contribution in [-0.2, 0) is 6.54 Å². The lowest BCUT2D eigenvalue weighted by molar-refractivity contribution is 0.309. The summed E-state index contributed by atoms with van der Waals surface area (Å²) >= 11 is 6.43. The molecule has 1 saturated carbocycles. The van der Waals surface area contributed by atoms with Crippen molar-refractivity contribution in [3.63, 3.8) is 0 Å². The third-order valence-electron chi connectivity index (χ3n) is 4.18. The molecule has 0 radical (unpaired) electrons. The van der Waals surface area contributed by atoms with E-state index in [4.69, 9.17) is 11.6 Å². The highest BCUT2D eigenvalue weighted by molar-refractivity contribution is 6.31. The maximum atomic E-state index is 6.43. The van der Waals surface area contributed by atoms with Crippen LogP contribution in [0.3, 0.4) is 0 Å². The molecule has 2 atom stereocenters. The van der Waals surface area contributed by atoms with Crippen molar-refractivity contribution in [2.24, 2.45) is 0 Å². The number of hydrogen-bond acceptors (Lipinski definition) is 3. The Morgan fingerprint density at radius 2 is 2.15 bits per heavy atom. The number of nitrogens with one attached hydrogen (secondary N) is 1. The summed E-state index contributed by atoms with van der Waals surface area (Å²) in [6, 6.07) is 0.543. The summed E-state index contributed by atoms with van der Waals surface area (Å²) in [5, 5.41) is 8.95. The maximum Gasteiger partial charge on any atom is 0.0821 e. The number of likely N-dealkylation sites (N-methyl/N-ethyl adjacent to an activating group) is 2. The van der Waals surface area contributed by atoms with Gasteiger partial charge in [0.15, 0.2) is 0 Å². The fourth-order valence-electron chi connectivity index (χ4n) is 3.18. The zero-order valence-electron chi connectivity index (χ0n) is 12.9. The van der Waals surface area contributed by atoms with Gasteiger partial charge in [-0.25, -0.2) is 0 Å². The van der Waals surface area contributed by atoms with Gasteiger partial charge >= 0.3 is 0 Å². The minimum atomic E-state index is 0.501. The molecule has 0 bridgehead atoms. The first-order valence-corrected chi connectivity index (χ1v) is 8.10. The molecule has 0 saturated heterocycles. The second kappa shape index (κ2) is 7.43. The van der Waals surface area contributed by atoms with Crippen molar-refractivity contribution >= 4 is 11.6 Å². The van der Waals surface area contributed by atoms with Gasteiger partial charge in [-0.05, 0) is 33.5 Å². The molecule has 1 N–H and O–H groups in total. The highest BCUT2D eigenvalue weighted by Gasteiger charge is 2.30. The Morgan fingerprint density at radius 1 is 1.40 bits per heavy atom. The molecule has 0 aliphatic heterocycles. The molecule has 1 aliphatic carbocycles. The van der Waals surface area contributed by atoms with Crippen LogP contribution >= 0.6 is 11.6 Å². The smallest absolute Gasteiger partial charge is 0.0821 e. The fourth-order valence-corrected chi connectivity index (χ4v) is 3.46. The number of nitrogens with zero attached hydrogens (tertiary/aromatic N) is 3. The zero-order chi connectivity index (χ0) is 14.5. The molecule has 1 aromatic rings. The molecule has 1 heterocycles. The molecule has 5 heteroatoms. The molecular formula is C15H27ClN4. The molecular weight excluding hydrogens is 272 g/mol. The van der Waals surface area contributed by atoms with E-state index < -0.39 is 0 Å². The lowest BCUT2D eigenvalue weighted by atomic mass is 9.82. The van der Waals surface area contributed by atoms with Gasteiger partial charge < -0.3 is 10.2 Å². The van der Waals surface area contributed by atoms with Crippen LogP contribution in [0.25, 0.3) is 0 Å². The average Bonchev–Trinajstić information content (AvgIpc) is 2.79. The van der Waals surface area contributed by atoms with Crippen molar-refractivity contribution < 1.29 is 0 Å². The van der Waals surface area contributed by atoms with Gasteiger partial charge in [0.1, 0.15) is 0 Å². The molecule has 0 aromatic carbocycles. The third kappa shape index (κ3) is 3.74. The van der Waals surface area contributed by atoms with E-state index in [0.717, 1.165) is 24.7 Å². The molecule has 1 aliphatic rings. The summed E-state index contributed by atoms with van der Waals surface area (Å²) in [7, 11) is 4.18. The van der Waals surface area contributed by atoms with E-state index in [9.17, 15) is 0 Å². The van der Waals surface area contributed by atoms with Gasteiger partial charge in [-0.3, -0.25) is 4.68 Å². The maximum absolute atomic E-state index is 6.43. The standard InChI is InChI=1S/C15H27ClN4/c1-4-17-14-8-6-5-7-12(14)15-13(16)11-18-20(15)10-9-19(2)3/h11-12,14,17H,4-10H2,1-3H3. The summed E-state index contributed by atoms with van der Waals surface area (Å²) < 4.78 is 2.11. The Bertz CT molecular complexity index is 414. The van der Waals surface area contributed by atoms with Crippen LogP contribution < -0.4 is 5.32 Å². The van der Waals surface area contributed by atoms with Crippen molar-refractivity contribution in [1.82, 2.24) is 20.0 Å². The lowest BCUT2D eigenvalue weighted by Gasteiger charge is -2.33. The van der Waals surface area contributed by atoms with Gasteiger partial charge in [-0.2, -0.15) is 5.10 Å². The van der Waals surface area contributed by atoms with Crippen molar-refractivity contribution in [3.8, 4) is 0 Å². The molecule has 2 rings (SSSR count). The first kappa shape index (κ1) is 15.8. The predicted molar refractivity (Wildman–Crippen MR) is 84.5 cm³/mol. The van der Waals surface area contributed by atoms with Gasteiger partial charge in [-0.15, -0.1) is 0 Å². The summed E-state index contributed by atoms with van der Waals surface area (Å²) in [5.41, 5.74) is 1.24. The summed E-state index contributed by atoms with van der Waals surface area (Å²) in [5.74, 6) is 0.501. The molecule has 1 aromatic heterocycles. The summed E-state index contributed by atoms with van der Waals surface area (Å²) in [4.78, 5) is 2.18. The van der Waals surface area contributed by atoms with Crippen LogP contribution in [0.15, 0.2) is 6.20 Å². The van der Waals surface area contributed by atoms with Crippen LogP contribution in [0.4, 0.5) is 0 Å². The quantitative estimate of drug-likeness (QED) is 0.876. The monoisotopic (exact) mass is 298 g/mol. The fraction of sp³-hybridized carbons (Fsp3) is 0.800. The van der Waals surface area contributed by atoms with E-state index in [-0.39, 0.29) is 0 Å². The number of aromatic nitrogens is 2. The number of hydrogen-bond donors (Lipinski definition) is 1. The molecule has 0 amide bonds. The first-order chi connectivity index (χ1) is 9.63. The summed E-state index contributed by atoms with van der Waals surface area (Å²) in [6.07, 6.45) is 6.88. The second-order valence-electron chi connectivity index (χ2n) is 5.96. The molecule has 20 heavy (non-hydrogen) atoms. The molecule has 4 nitrogen and oxygen atoms in total. The van der Waals surface area contributed by atoms with Gasteiger partial charge in [0.25, 0.3) is 0 Å². The van der Waals surface area contributed by atoms with Gasteiger partial charge in [0.2, 0.25) is 0 Å². The van der Waals surface area contributed by atoms with Gasteiger partial charge in [0, 0.05) is 18.5 Å². The Kier molecular flexibility index (Phi) is 5.87. The molecule has 2 unspecified atom stereocenters. The SMILES string of the molecule is CCNC1CCCCC1c1c(Cl)cnn1CCN(C)C. The predicted octanol–water partition coefficient (Wildman–Crippen LogP) is 2.73. The van der Waals surface area contributed by atoms with E-state index in [1.54, 1.807) is 0 Å². The average molecular weight is 299 g/mol. The van der Waals surface area contributed by atoms with Gasteiger partial charge in [-0.1, -0.05) is 31.4 Å². The minimum Gasteiger partial charge on any atom is -0.314 e.